The molecule has 0 saturated carbocycles. The van der Waals surface area contributed by atoms with Gasteiger partial charge in [0.05, 0.1) is 18.5 Å². The Kier molecular flexibility index (Phi) is 8.71. The molecule has 1 fully saturated rings. The molecule has 2 amide bonds. The smallest absolute Gasteiger partial charge is 0.335 e. The number of nitrogens with one attached hydrogen (secondary N) is 1. The van der Waals surface area contributed by atoms with Crippen molar-refractivity contribution in [2.75, 3.05) is 31.2 Å². The number of fused-ring (bicyclic) bond motifs is 1. The molecule has 1 atom stereocenters. The van der Waals surface area contributed by atoms with Gasteiger partial charge < -0.3 is 20.5 Å². The molecule has 17 heteroatoms. The zero-order valence-corrected chi connectivity index (χ0v) is 22.7. The minimum Gasteiger partial charge on any atom is -0.335 e. The summed E-state index contributed by atoms with van der Waals surface area (Å²) < 4.78 is 107. The maximum Gasteiger partial charge on any atom is 0.449 e. The van der Waals surface area contributed by atoms with Gasteiger partial charge in [0.25, 0.3) is 0 Å². The highest BCUT2D eigenvalue weighted by atomic mass is 32.2. The maximum absolute atomic E-state index is 14.0. The number of imidazole rings is 1. The highest BCUT2D eigenvalue weighted by Crippen LogP contribution is 2.35. The van der Waals surface area contributed by atoms with Gasteiger partial charge in [-0.2, -0.15) is 13.2 Å². The van der Waals surface area contributed by atoms with Crippen LogP contribution in [0.25, 0.3) is 0 Å². The molecule has 0 radical (unpaired) electrons. The molecule has 2 aromatic rings. The van der Waals surface area contributed by atoms with Gasteiger partial charge in [-0.3, -0.25) is 9.59 Å². The quantitative estimate of drug-likeness (QED) is 0.366. The molecule has 0 spiro atoms. The number of carbonyl (C=O) groups excluding carboxylic acids is 2. The molecule has 2 aliphatic rings. The van der Waals surface area contributed by atoms with Crippen LogP contribution in [0.1, 0.15) is 36.3 Å². The number of piperidine rings is 1. The molecule has 0 aliphatic carbocycles. The standard InChI is InChI=1S/C24H28F6N6O4S/c1-41(39,40)35-4-2-13(3-5-35)22(38)32-21-19-12-34(6-7-36(19)23(33-21)24(28,29)30)20(37)10-15(31)8-14-9-17(26)18(27)11-16(14)25/h9,11,13,15H,2-8,10,12,31H2,1H3,(H,32,38). The zero-order valence-electron chi connectivity index (χ0n) is 21.8. The van der Waals surface area contributed by atoms with Gasteiger partial charge in [-0.05, 0) is 30.9 Å². The number of nitrogens with zero attached hydrogens (tertiary/aromatic N) is 4. The predicted molar refractivity (Wildman–Crippen MR) is 133 cm³/mol. The Labute approximate surface area is 231 Å². The van der Waals surface area contributed by atoms with Crippen molar-refractivity contribution in [3.05, 3.63) is 46.7 Å². The second kappa shape index (κ2) is 11.6. The fourth-order valence-corrected chi connectivity index (χ4v) is 5.87. The summed E-state index contributed by atoms with van der Waals surface area (Å²) in [4.78, 5) is 30.7. The highest BCUT2D eigenvalue weighted by Gasteiger charge is 2.41. The fraction of sp³-hybridized carbons (Fsp3) is 0.542. The number of anilines is 1. The lowest BCUT2D eigenvalue weighted by molar-refractivity contribution is -0.148. The molecular formula is C24H28F6N6O4S. The average Bonchev–Trinajstić information content (AvgIpc) is 3.25. The molecule has 226 valence electrons. The molecule has 4 rings (SSSR count). The molecule has 3 heterocycles. The third-order valence-corrected chi connectivity index (χ3v) is 8.46. The first-order valence-corrected chi connectivity index (χ1v) is 14.5. The van der Waals surface area contributed by atoms with Gasteiger partial charge in [-0.25, -0.2) is 30.9 Å². The second-order valence-electron chi connectivity index (χ2n) is 10.1. The average molecular weight is 611 g/mol. The number of nitrogens with two attached hydrogens (primary N) is 1. The van der Waals surface area contributed by atoms with Gasteiger partial charge in [0.2, 0.25) is 27.7 Å². The van der Waals surface area contributed by atoms with Gasteiger partial charge in [-0.1, -0.05) is 0 Å². The Balaban J connectivity index is 1.46. The summed E-state index contributed by atoms with van der Waals surface area (Å²) in [5, 5.41) is 2.43. The Morgan fingerprint density at radius 1 is 1.07 bits per heavy atom. The van der Waals surface area contributed by atoms with Crippen molar-refractivity contribution in [2.45, 2.75) is 51.0 Å². The first-order valence-electron chi connectivity index (χ1n) is 12.6. The van der Waals surface area contributed by atoms with E-state index < -0.39 is 63.2 Å². The van der Waals surface area contributed by atoms with Gasteiger partial charge in [0.15, 0.2) is 17.5 Å². The van der Waals surface area contributed by atoms with Gasteiger partial charge in [0.1, 0.15) is 5.82 Å². The maximum atomic E-state index is 14.0. The van der Waals surface area contributed by atoms with Gasteiger partial charge >= 0.3 is 6.18 Å². The summed E-state index contributed by atoms with van der Waals surface area (Å²) >= 11 is 0. The lowest BCUT2D eigenvalue weighted by atomic mass is 9.97. The van der Waals surface area contributed by atoms with Crippen molar-refractivity contribution in [1.29, 1.82) is 0 Å². The number of aromatic nitrogens is 2. The van der Waals surface area contributed by atoms with Crippen LogP contribution in [0.3, 0.4) is 0 Å². The van der Waals surface area contributed by atoms with Crippen LogP contribution < -0.4 is 11.1 Å². The van der Waals surface area contributed by atoms with Crippen molar-refractivity contribution in [2.24, 2.45) is 11.7 Å². The highest BCUT2D eigenvalue weighted by molar-refractivity contribution is 7.88. The molecule has 10 nitrogen and oxygen atoms in total. The number of benzene rings is 1. The van der Waals surface area contributed by atoms with Crippen LogP contribution in [0.4, 0.5) is 32.2 Å². The predicted octanol–water partition coefficient (Wildman–Crippen LogP) is 2.23. The lowest BCUT2D eigenvalue weighted by Gasteiger charge is -2.31. The van der Waals surface area contributed by atoms with Crippen LogP contribution >= 0.6 is 0 Å². The third kappa shape index (κ3) is 7.01. The number of carbonyl (C=O) groups is 2. The molecule has 2 aliphatic heterocycles. The van der Waals surface area contributed by atoms with Crippen LogP contribution in [-0.4, -0.2) is 70.9 Å². The number of hydrogen-bond acceptors (Lipinski definition) is 6. The van der Waals surface area contributed by atoms with Crippen LogP contribution in [0.5, 0.6) is 0 Å². The normalized spacial score (nSPS) is 17.8. The Bertz CT molecular complexity index is 1440. The minimum absolute atomic E-state index is 0.0564. The van der Waals surface area contributed by atoms with E-state index in [0.29, 0.717) is 12.1 Å². The molecule has 1 aromatic heterocycles. The van der Waals surface area contributed by atoms with E-state index in [-0.39, 0.29) is 75.5 Å². The second-order valence-corrected chi connectivity index (χ2v) is 12.1. The van der Waals surface area contributed by atoms with E-state index in [1.165, 1.54) is 9.21 Å². The van der Waals surface area contributed by atoms with E-state index in [2.05, 4.69) is 10.3 Å². The first-order chi connectivity index (χ1) is 19.0. The van der Waals surface area contributed by atoms with Crippen LogP contribution in [0, 0.1) is 23.4 Å². The summed E-state index contributed by atoms with van der Waals surface area (Å²) in [5.74, 6) is -7.14. The Morgan fingerprint density at radius 2 is 1.71 bits per heavy atom. The summed E-state index contributed by atoms with van der Waals surface area (Å²) in [6.07, 6.45) is -4.12. The Morgan fingerprint density at radius 3 is 2.32 bits per heavy atom. The van der Waals surface area contributed by atoms with Crippen molar-refractivity contribution in [1.82, 2.24) is 18.8 Å². The monoisotopic (exact) mass is 610 g/mol. The number of sulfonamides is 1. The molecule has 0 bridgehead atoms. The zero-order chi connectivity index (χ0) is 30.3. The van der Waals surface area contributed by atoms with Crippen LogP contribution in [0.2, 0.25) is 0 Å². The minimum atomic E-state index is -4.85. The molecule has 3 N–H and O–H groups in total. The van der Waals surface area contributed by atoms with Crippen molar-refractivity contribution in [3.63, 3.8) is 0 Å². The Hall–Kier alpha value is -3.18. The largest absolute Gasteiger partial charge is 0.449 e. The van der Waals surface area contributed by atoms with Crippen LogP contribution in [-0.2, 0) is 45.3 Å². The molecule has 1 aromatic carbocycles. The SMILES string of the molecule is CS(=O)(=O)N1CCC(C(=O)Nc2nc(C(F)(F)F)n3c2CN(C(=O)CC(N)Cc2cc(F)c(F)cc2F)CC3)CC1. The van der Waals surface area contributed by atoms with Crippen LogP contribution in [0.15, 0.2) is 12.1 Å². The van der Waals surface area contributed by atoms with E-state index in [0.717, 1.165) is 10.8 Å². The van der Waals surface area contributed by atoms with Crippen molar-refractivity contribution < 1.29 is 44.3 Å². The van der Waals surface area contributed by atoms with Crippen molar-refractivity contribution >= 4 is 27.7 Å². The molecule has 41 heavy (non-hydrogen) atoms. The first kappa shape index (κ1) is 30.8. The molecule has 1 saturated heterocycles. The van der Waals surface area contributed by atoms with Gasteiger partial charge in [-0.15, -0.1) is 0 Å². The van der Waals surface area contributed by atoms with E-state index in [9.17, 15) is 44.3 Å². The number of halogens is 6. The number of hydrogen-bond donors (Lipinski definition) is 2. The molecular weight excluding hydrogens is 582 g/mol. The third-order valence-electron chi connectivity index (χ3n) is 7.16. The summed E-state index contributed by atoms with van der Waals surface area (Å²) in [7, 11) is -3.44. The lowest BCUT2D eigenvalue weighted by Crippen LogP contribution is -2.42. The summed E-state index contributed by atoms with van der Waals surface area (Å²) in [6.45, 7) is -0.574. The number of amides is 2. The van der Waals surface area contributed by atoms with E-state index in [4.69, 9.17) is 5.73 Å². The summed E-state index contributed by atoms with van der Waals surface area (Å²) in [5.41, 5.74) is 5.66. The fourth-order valence-electron chi connectivity index (χ4n) is 4.99. The van der Waals surface area contributed by atoms with E-state index in [1.54, 1.807) is 0 Å². The number of alkyl halides is 3. The summed E-state index contributed by atoms with van der Waals surface area (Å²) in [6, 6.07) is 0.0117. The van der Waals surface area contributed by atoms with Crippen molar-refractivity contribution in [3.8, 4) is 0 Å². The topological polar surface area (TPSA) is 131 Å². The number of rotatable bonds is 7. The van der Waals surface area contributed by atoms with Gasteiger partial charge in [0, 0.05) is 50.6 Å². The van der Waals surface area contributed by atoms with E-state index in [1.807, 2.05) is 0 Å². The van der Waals surface area contributed by atoms with E-state index >= 15 is 0 Å². The molecule has 1 unspecified atom stereocenters.